The van der Waals surface area contributed by atoms with Crippen molar-refractivity contribution in [1.82, 2.24) is 20.9 Å². The molecule has 1 aliphatic rings. The van der Waals surface area contributed by atoms with Gasteiger partial charge < -0.3 is 20.9 Å². The molecule has 1 saturated heterocycles. The Morgan fingerprint density at radius 3 is 2.78 bits per heavy atom. The van der Waals surface area contributed by atoms with Gasteiger partial charge in [0.15, 0.2) is 0 Å². The lowest BCUT2D eigenvalue weighted by Crippen LogP contribution is -2.61. The van der Waals surface area contributed by atoms with E-state index in [1.807, 2.05) is 6.92 Å². The second-order valence-electron chi connectivity index (χ2n) is 4.39. The molecular weight excluding hydrogens is 232 g/mol. The van der Waals surface area contributed by atoms with Crippen LogP contribution in [0.5, 0.6) is 0 Å². The second-order valence-corrected chi connectivity index (χ2v) is 4.39. The fraction of sp³-hybridized carbons (Fsp3) is 0.833. The normalized spacial score (nSPS) is 19.4. The number of rotatable bonds is 5. The maximum atomic E-state index is 12.0. The van der Waals surface area contributed by atoms with Gasteiger partial charge in [0, 0.05) is 32.7 Å². The molecule has 18 heavy (non-hydrogen) atoms. The lowest BCUT2D eigenvalue weighted by Gasteiger charge is -2.35. The number of unbranched alkanes of at least 4 members (excludes halogenated alkanes) is 1. The summed E-state index contributed by atoms with van der Waals surface area (Å²) >= 11 is 0. The zero-order valence-corrected chi connectivity index (χ0v) is 11.3. The summed E-state index contributed by atoms with van der Waals surface area (Å²) in [5.41, 5.74) is 0. The molecule has 0 aromatic heterocycles. The van der Waals surface area contributed by atoms with Crippen molar-refractivity contribution in [2.24, 2.45) is 0 Å². The molecule has 0 aromatic rings. The topological polar surface area (TPSA) is 73.5 Å². The minimum Gasteiger partial charge on any atom is -0.355 e. The molecule has 0 spiro atoms. The Morgan fingerprint density at radius 2 is 2.11 bits per heavy atom. The van der Waals surface area contributed by atoms with E-state index in [-0.39, 0.29) is 11.9 Å². The van der Waals surface area contributed by atoms with E-state index in [4.69, 9.17) is 0 Å². The van der Waals surface area contributed by atoms with Crippen LogP contribution in [0.2, 0.25) is 0 Å². The van der Waals surface area contributed by atoms with Gasteiger partial charge >= 0.3 is 6.03 Å². The first-order valence-electron chi connectivity index (χ1n) is 6.73. The Bertz CT molecular complexity index is 283. The minimum absolute atomic E-state index is 0.0876. The van der Waals surface area contributed by atoms with Gasteiger partial charge in [0.1, 0.15) is 6.04 Å². The highest BCUT2D eigenvalue weighted by Gasteiger charge is 2.31. The smallest absolute Gasteiger partial charge is 0.318 e. The molecule has 1 heterocycles. The first-order chi connectivity index (χ1) is 8.70. The summed E-state index contributed by atoms with van der Waals surface area (Å²) in [4.78, 5) is 25.5. The van der Waals surface area contributed by atoms with Crippen LogP contribution < -0.4 is 16.0 Å². The van der Waals surface area contributed by atoms with E-state index in [1.165, 1.54) is 0 Å². The van der Waals surface area contributed by atoms with Gasteiger partial charge in [0.2, 0.25) is 5.91 Å². The van der Waals surface area contributed by atoms with Crippen LogP contribution in [0.1, 0.15) is 26.7 Å². The maximum absolute atomic E-state index is 12.0. The van der Waals surface area contributed by atoms with Gasteiger partial charge in [-0.1, -0.05) is 13.3 Å². The molecule has 104 valence electrons. The number of nitrogens with one attached hydrogen (secondary N) is 3. The zero-order chi connectivity index (χ0) is 13.4. The summed E-state index contributed by atoms with van der Waals surface area (Å²) in [6.07, 6.45) is 2.01. The SMILES string of the molecule is CCCCNC(=O)N1CCNCC1C(=O)NCC. The number of carbonyl (C=O) groups is 2. The largest absolute Gasteiger partial charge is 0.355 e. The molecule has 0 radical (unpaired) electrons. The number of piperazine rings is 1. The number of likely N-dealkylation sites (N-methyl/N-ethyl adjacent to an activating group) is 1. The van der Waals surface area contributed by atoms with E-state index >= 15 is 0 Å². The van der Waals surface area contributed by atoms with Gasteiger partial charge in [-0.05, 0) is 13.3 Å². The van der Waals surface area contributed by atoms with Gasteiger partial charge in [-0.3, -0.25) is 4.79 Å². The summed E-state index contributed by atoms with van der Waals surface area (Å²) in [6, 6.07) is -0.540. The Labute approximate surface area is 108 Å². The molecule has 6 nitrogen and oxygen atoms in total. The highest BCUT2D eigenvalue weighted by atomic mass is 16.2. The predicted octanol–water partition coefficient (Wildman–Crippen LogP) is -0.0940. The Kier molecular flexibility index (Phi) is 6.49. The number of nitrogens with zero attached hydrogens (tertiary/aromatic N) is 1. The fourth-order valence-corrected chi connectivity index (χ4v) is 1.95. The molecule has 1 unspecified atom stereocenters. The van der Waals surface area contributed by atoms with Crippen molar-refractivity contribution in [3.63, 3.8) is 0 Å². The van der Waals surface area contributed by atoms with Gasteiger partial charge in [0.25, 0.3) is 0 Å². The monoisotopic (exact) mass is 256 g/mol. The summed E-state index contributed by atoms with van der Waals surface area (Å²) < 4.78 is 0. The van der Waals surface area contributed by atoms with Crippen LogP contribution in [0.4, 0.5) is 4.79 Å². The first-order valence-corrected chi connectivity index (χ1v) is 6.73. The van der Waals surface area contributed by atoms with Crippen LogP contribution in [-0.2, 0) is 4.79 Å². The van der Waals surface area contributed by atoms with Gasteiger partial charge in [-0.25, -0.2) is 4.79 Å². The van der Waals surface area contributed by atoms with Crippen molar-refractivity contribution < 1.29 is 9.59 Å². The van der Waals surface area contributed by atoms with E-state index in [0.717, 1.165) is 19.4 Å². The molecule has 0 saturated carbocycles. The molecular formula is C12H24N4O2. The van der Waals surface area contributed by atoms with Gasteiger partial charge in [-0.15, -0.1) is 0 Å². The van der Waals surface area contributed by atoms with Crippen LogP contribution in [0.25, 0.3) is 0 Å². The quantitative estimate of drug-likeness (QED) is 0.602. The van der Waals surface area contributed by atoms with Crippen LogP contribution in [0.15, 0.2) is 0 Å². The van der Waals surface area contributed by atoms with E-state index in [1.54, 1.807) is 4.90 Å². The van der Waals surface area contributed by atoms with Crippen molar-refractivity contribution in [3.8, 4) is 0 Å². The first kappa shape index (κ1) is 14.8. The Morgan fingerprint density at radius 1 is 1.33 bits per heavy atom. The third-order valence-corrected chi connectivity index (χ3v) is 2.96. The Balaban J connectivity index is 2.52. The zero-order valence-electron chi connectivity index (χ0n) is 11.3. The number of hydrogen-bond acceptors (Lipinski definition) is 3. The summed E-state index contributed by atoms with van der Waals surface area (Å²) in [5.74, 6) is -0.0876. The predicted molar refractivity (Wildman–Crippen MR) is 70.4 cm³/mol. The molecule has 3 N–H and O–H groups in total. The van der Waals surface area contributed by atoms with E-state index < -0.39 is 6.04 Å². The average Bonchev–Trinajstić information content (AvgIpc) is 2.39. The molecule has 6 heteroatoms. The number of hydrogen-bond donors (Lipinski definition) is 3. The van der Waals surface area contributed by atoms with Crippen LogP contribution in [-0.4, -0.2) is 55.6 Å². The lowest BCUT2D eigenvalue weighted by molar-refractivity contribution is -0.125. The highest BCUT2D eigenvalue weighted by Crippen LogP contribution is 2.04. The second kappa shape index (κ2) is 7.92. The van der Waals surface area contributed by atoms with E-state index in [2.05, 4.69) is 22.9 Å². The van der Waals surface area contributed by atoms with E-state index in [9.17, 15) is 9.59 Å². The minimum atomic E-state index is -0.402. The number of urea groups is 1. The lowest BCUT2D eigenvalue weighted by atomic mass is 10.2. The van der Waals surface area contributed by atoms with Crippen molar-refractivity contribution >= 4 is 11.9 Å². The van der Waals surface area contributed by atoms with Crippen LogP contribution in [0.3, 0.4) is 0 Å². The summed E-state index contributed by atoms with van der Waals surface area (Å²) in [7, 11) is 0. The van der Waals surface area contributed by atoms with Crippen LogP contribution in [0, 0.1) is 0 Å². The van der Waals surface area contributed by atoms with Gasteiger partial charge in [-0.2, -0.15) is 0 Å². The van der Waals surface area contributed by atoms with E-state index in [0.29, 0.717) is 26.2 Å². The summed E-state index contributed by atoms with van der Waals surface area (Å²) in [6.45, 7) is 7.03. The molecule has 1 fully saturated rings. The number of amides is 3. The molecule has 1 atom stereocenters. The third kappa shape index (κ3) is 4.18. The molecule has 1 aliphatic heterocycles. The fourth-order valence-electron chi connectivity index (χ4n) is 1.95. The number of carbonyl (C=O) groups excluding carboxylic acids is 2. The standard InChI is InChI=1S/C12H24N4O2/c1-3-5-6-15-12(18)16-8-7-13-9-10(16)11(17)14-4-2/h10,13H,3-9H2,1-2H3,(H,14,17)(H,15,18). The van der Waals surface area contributed by atoms with Crippen molar-refractivity contribution in [2.45, 2.75) is 32.7 Å². The Hall–Kier alpha value is -1.30. The van der Waals surface area contributed by atoms with Crippen molar-refractivity contribution in [1.29, 1.82) is 0 Å². The summed E-state index contributed by atoms with van der Waals surface area (Å²) in [5, 5.41) is 8.77. The van der Waals surface area contributed by atoms with Crippen LogP contribution >= 0.6 is 0 Å². The van der Waals surface area contributed by atoms with Crippen molar-refractivity contribution in [2.75, 3.05) is 32.7 Å². The molecule has 3 amide bonds. The van der Waals surface area contributed by atoms with Gasteiger partial charge in [0.05, 0.1) is 0 Å². The third-order valence-electron chi connectivity index (χ3n) is 2.96. The average molecular weight is 256 g/mol. The van der Waals surface area contributed by atoms with Crippen molar-refractivity contribution in [3.05, 3.63) is 0 Å². The maximum Gasteiger partial charge on any atom is 0.318 e. The molecule has 0 bridgehead atoms. The molecule has 0 aliphatic carbocycles. The molecule has 0 aromatic carbocycles. The highest BCUT2D eigenvalue weighted by molar-refractivity contribution is 5.87. The molecule has 1 rings (SSSR count).